The number of aliphatic hydroxyl groups is 1. The number of rotatable bonds is 4. The molecule has 0 aromatic rings. The zero-order valence-corrected chi connectivity index (χ0v) is 9.04. The number of carbonyl (C=O) groups is 1. The molecule has 0 aliphatic carbocycles. The number of unbranched alkanes of at least 4 members (excludes halogenated alkanes) is 2. The summed E-state index contributed by atoms with van der Waals surface area (Å²) < 4.78 is 0. The minimum absolute atomic E-state index is 0.220. The van der Waals surface area contributed by atoms with E-state index in [1.165, 1.54) is 0 Å². The fourth-order valence-corrected chi connectivity index (χ4v) is 1.87. The monoisotopic (exact) mass is 199 g/mol. The van der Waals surface area contributed by atoms with Gasteiger partial charge in [0, 0.05) is 19.5 Å². The lowest BCUT2D eigenvalue weighted by Crippen LogP contribution is -2.42. The van der Waals surface area contributed by atoms with Crippen LogP contribution in [0.25, 0.3) is 0 Å². The molecule has 0 aromatic heterocycles. The van der Waals surface area contributed by atoms with Gasteiger partial charge in [0.05, 0.1) is 6.10 Å². The van der Waals surface area contributed by atoms with Crippen molar-refractivity contribution >= 4 is 5.91 Å². The Morgan fingerprint density at radius 1 is 1.50 bits per heavy atom. The van der Waals surface area contributed by atoms with E-state index in [1.807, 2.05) is 4.90 Å². The zero-order valence-electron chi connectivity index (χ0n) is 9.04. The van der Waals surface area contributed by atoms with E-state index in [2.05, 4.69) is 6.92 Å². The Morgan fingerprint density at radius 2 is 2.29 bits per heavy atom. The number of aliphatic hydroxyl groups excluding tert-OH is 1. The molecule has 1 aliphatic rings. The first-order valence-electron chi connectivity index (χ1n) is 5.70. The van der Waals surface area contributed by atoms with Gasteiger partial charge in [-0.3, -0.25) is 4.79 Å². The molecule has 0 radical (unpaired) electrons. The smallest absolute Gasteiger partial charge is 0.222 e. The lowest BCUT2D eigenvalue weighted by atomic mass is 10.1. The first-order valence-corrected chi connectivity index (χ1v) is 5.70. The second-order valence-electron chi connectivity index (χ2n) is 4.09. The highest BCUT2D eigenvalue weighted by molar-refractivity contribution is 5.76. The highest BCUT2D eigenvalue weighted by Crippen LogP contribution is 2.12. The molecular formula is C11H21NO2. The molecule has 0 saturated carbocycles. The largest absolute Gasteiger partial charge is 0.391 e. The third kappa shape index (κ3) is 3.66. The van der Waals surface area contributed by atoms with Gasteiger partial charge in [-0.05, 0) is 19.3 Å². The van der Waals surface area contributed by atoms with Gasteiger partial charge in [0.25, 0.3) is 0 Å². The maximum atomic E-state index is 11.6. The van der Waals surface area contributed by atoms with E-state index in [-0.39, 0.29) is 12.0 Å². The Bertz CT molecular complexity index is 182. The number of amides is 1. The third-order valence-corrected chi connectivity index (χ3v) is 2.74. The summed E-state index contributed by atoms with van der Waals surface area (Å²) in [7, 11) is 0. The normalized spacial score (nSPS) is 22.4. The molecule has 0 aromatic carbocycles. The third-order valence-electron chi connectivity index (χ3n) is 2.74. The summed E-state index contributed by atoms with van der Waals surface area (Å²) in [5.74, 6) is 0.220. The second kappa shape index (κ2) is 6.02. The summed E-state index contributed by atoms with van der Waals surface area (Å²) in [6.45, 7) is 3.52. The standard InChI is InChI=1S/C11H21NO2/c1-2-3-4-7-11(14)12-8-5-6-10(13)9-12/h10,13H,2-9H2,1H3. The number of piperidine rings is 1. The first kappa shape index (κ1) is 11.5. The van der Waals surface area contributed by atoms with Crippen molar-refractivity contribution in [3.63, 3.8) is 0 Å². The summed E-state index contributed by atoms with van der Waals surface area (Å²) in [6.07, 6.45) is 5.42. The van der Waals surface area contributed by atoms with Crippen LogP contribution >= 0.6 is 0 Å². The van der Waals surface area contributed by atoms with Gasteiger partial charge in [-0.15, -0.1) is 0 Å². The molecule has 14 heavy (non-hydrogen) atoms. The van der Waals surface area contributed by atoms with E-state index < -0.39 is 0 Å². The molecule has 3 nitrogen and oxygen atoms in total. The van der Waals surface area contributed by atoms with E-state index >= 15 is 0 Å². The molecule has 0 spiro atoms. The highest BCUT2D eigenvalue weighted by Gasteiger charge is 2.21. The van der Waals surface area contributed by atoms with Gasteiger partial charge in [0.1, 0.15) is 0 Å². The Balaban J connectivity index is 2.22. The summed E-state index contributed by atoms with van der Waals surface area (Å²) in [4.78, 5) is 13.4. The summed E-state index contributed by atoms with van der Waals surface area (Å²) in [5.41, 5.74) is 0. The lowest BCUT2D eigenvalue weighted by molar-refractivity contribution is -0.134. The maximum Gasteiger partial charge on any atom is 0.222 e. The van der Waals surface area contributed by atoms with Crippen molar-refractivity contribution in [1.29, 1.82) is 0 Å². The summed E-state index contributed by atoms with van der Waals surface area (Å²) in [6, 6.07) is 0. The van der Waals surface area contributed by atoms with E-state index in [9.17, 15) is 9.90 Å². The van der Waals surface area contributed by atoms with Crippen LogP contribution in [0.15, 0.2) is 0 Å². The van der Waals surface area contributed by atoms with E-state index in [0.717, 1.165) is 38.6 Å². The van der Waals surface area contributed by atoms with Crippen molar-refractivity contribution in [3.05, 3.63) is 0 Å². The van der Waals surface area contributed by atoms with Gasteiger partial charge >= 0.3 is 0 Å². The quantitative estimate of drug-likeness (QED) is 0.698. The molecule has 1 heterocycles. The van der Waals surface area contributed by atoms with Crippen LogP contribution in [-0.2, 0) is 4.79 Å². The number of hydrogen-bond donors (Lipinski definition) is 1. The molecule has 1 rings (SSSR count). The molecule has 0 bridgehead atoms. The Labute approximate surface area is 86.1 Å². The van der Waals surface area contributed by atoms with Gasteiger partial charge in [0.2, 0.25) is 5.91 Å². The summed E-state index contributed by atoms with van der Waals surface area (Å²) in [5, 5.41) is 9.41. The van der Waals surface area contributed by atoms with Crippen molar-refractivity contribution < 1.29 is 9.90 Å². The van der Waals surface area contributed by atoms with Crippen LogP contribution in [0.3, 0.4) is 0 Å². The van der Waals surface area contributed by atoms with Crippen molar-refractivity contribution in [3.8, 4) is 0 Å². The number of hydrogen-bond acceptors (Lipinski definition) is 2. The fourth-order valence-electron chi connectivity index (χ4n) is 1.87. The minimum atomic E-state index is -0.293. The van der Waals surface area contributed by atoms with E-state index in [0.29, 0.717) is 13.0 Å². The summed E-state index contributed by atoms with van der Waals surface area (Å²) >= 11 is 0. The van der Waals surface area contributed by atoms with Crippen molar-refractivity contribution in [1.82, 2.24) is 4.90 Å². The van der Waals surface area contributed by atoms with Crippen LogP contribution < -0.4 is 0 Å². The molecular weight excluding hydrogens is 178 g/mol. The number of likely N-dealkylation sites (tertiary alicyclic amines) is 1. The van der Waals surface area contributed by atoms with Crippen LogP contribution in [0.1, 0.15) is 45.4 Å². The Morgan fingerprint density at radius 3 is 2.93 bits per heavy atom. The van der Waals surface area contributed by atoms with E-state index in [4.69, 9.17) is 0 Å². The molecule has 1 saturated heterocycles. The van der Waals surface area contributed by atoms with Crippen LogP contribution in [0.5, 0.6) is 0 Å². The predicted octanol–water partition coefficient (Wildman–Crippen LogP) is 1.55. The van der Waals surface area contributed by atoms with Gasteiger partial charge in [-0.2, -0.15) is 0 Å². The average Bonchev–Trinajstić information content (AvgIpc) is 2.18. The van der Waals surface area contributed by atoms with Crippen LogP contribution in [0.2, 0.25) is 0 Å². The van der Waals surface area contributed by atoms with Crippen molar-refractivity contribution in [2.45, 2.75) is 51.6 Å². The van der Waals surface area contributed by atoms with Gasteiger partial charge in [0.15, 0.2) is 0 Å². The minimum Gasteiger partial charge on any atom is -0.391 e. The Hall–Kier alpha value is -0.570. The second-order valence-corrected chi connectivity index (χ2v) is 4.09. The molecule has 1 amide bonds. The molecule has 1 fully saturated rings. The average molecular weight is 199 g/mol. The van der Waals surface area contributed by atoms with Crippen LogP contribution in [0, 0.1) is 0 Å². The molecule has 1 aliphatic heterocycles. The van der Waals surface area contributed by atoms with Crippen molar-refractivity contribution in [2.24, 2.45) is 0 Å². The lowest BCUT2D eigenvalue weighted by Gasteiger charge is -2.30. The molecule has 82 valence electrons. The SMILES string of the molecule is CCCCCC(=O)N1CCCC(O)C1. The van der Waals surface area contributed by atoms with Gasteiger partial charge in [-0.1, -0.05) is 19.8 Å². The number of nitrogens with zero attached hydrogens (tertiary/aromatic N) is 1. The molecule has 1 N–H and O–H groups in total. The van der Waals surface area contributed by atoms with Gasteiger partial charge in [-0.25, -0.2) is 0 Å². The number of β-amino-alcohol motifs (C(OH)–C–C–N with tert-alkyl or cyclic N) is 1. The van der Waals surface area contributed by atoms with Crippen LogP contribution in [-0.4, -0.2) is 35.1 Å². The highest BCUT2D eigenvalue weighted by atomic mass is 16.3. The van der Waals surface area contributed by atoms with E-state index in [1.54, 1.807) is 0 Å². The van der Waals surface area contributed by atoms with Gasteiger partial charge < -0.3 is 10.0 Å². The topological polar surface area (TPSA) is 40.5 Å². The van der Waals surface area contributed by atoms with Crippen LogP contribution in [0.4, 0.5) is 0 Å². The predicted molar refractivity (Wildman–Crippen MR) is 56.0 cm³/mol. The molecule has 1 atom stereocenters. The maximum absolute atomic E-state index is 11.6. The Kier molecular flexibility index (Phi) is 4.94. The fraction of sp³-hybridized carbons (Fsp3) is 0.909. The molecule has 1 unspecified atom stereocenters. The number of carbonyl (C=O) groups excluding carboxylic acids is 1. The molecule has 3 heteroatoms. The zero-order chi connectivity index (χ0) is 10.4. The first-order chi connectivity index (χ1) is 6.74. The van der Waals surface area contributed by atoms with Crippen molar-refractivity contribution in [2.75, 3.05) is 13.1 Å².